The lowest BCUT2D eigenvalue weighted by molar-refractivity contribution is -0.130. The number of hydrogen-bond acceptors (Lipinski definition) is 4. The van der Waals surface area contributed by atoms with Crippen LogP contribution < -0.4 is 10.6 Å². The van der Waals surface area contributed by atoms with Crippen molar-refractivity contribution in [1.29, 1.82) is 0 Å². The van der Waals surface area contributed by atoms with Crippen LogP contribution in [0.25, 0.3) is 0 Å². The van der Waals surface area contributed by atoms with E-state index in [-0.39, 0.29) is 42.5 Å². The Hall–Kier alpha value is -2.04. The first-order chi connectivity index (χ1) is 14.2. The van der Waals surface area contributed by atoms with Gasteiger partial charge in [-0.2, -0.15) is 0 Å². The number of aliphatic imine (C=N–C) groups is 1. The number of carbonyl (C=O) groups excluding carboxylic acids is 2. The van der Waals surface area contributed by atoms with E-state index in [9.17, 15) is 9.59 Å². The van der Waals surface area contributed by atoms with Crippen molar-refractivity contribution in [3.63, 3.8) is 0 Å². The predicted octanol–water partition coefficient (Wildman–Crippen LogP) is 2.83. The van der Waals surface area contributed by atoms with Crippen molar-refractivity contribution in [3.8, 4) is 0 Å². The molecule has 1 unspecified atom stereocenters. The molecule has 1 fully saturated rings. The van der Waals surface area contributed by atoms with Gasteiger partial charge in [-0.15, -0.1) is 24.0 Å². The first-order valence-electron chi connectivity index (χ1n) is 10.5. The summed E-state index contributed by atoms with van der Waals surface area (Å²) < 4.78 is 5.32. The van der Waals surface area contributed by atoms with Crippen LogP contribution in [0.2, 0.25) is 0 Å². The van der Waals surface area contributed by atoms with E-state index in [0.717, 1.165) is 18.5 Å². The SMILES string of the molecule is CCN(Cc1ccccc1)C(=O)CNC(=NC)N1CCC(NC(=O)OC(C)(C)C)C1.I. The second-order valence-corrected chi connectivity index (χ2v) is 8.37. The Morgan fingerprint density at radius 3 is 2.52 bits per heavy atom. The number of rotatable bonds is 6. The highest BCUT2D eigenvalue weighted by Gasteiger charge is 2.28. The summed E-state index contributed by atoms with van der Waals surface area (Å²) in [5.41, 5.74) is 0.582. The van der Waals surface area contributed by atoms with E-state index in [0.29, 0.717) is 25.6 Å². The molecule has 1 saturated heterocycles. The van der Waals surface area contributed by atoms with Crippen LogP contribution in [-0.2, 0) is 16.1 Å². The monoisotopic (exact) mass is 545 g/mol. The van der Waals surface area contributed by atoms with Gasteiger partial charge >= 0.3 is 6.09 Å². The largest absolute Gasteiger partial charge is 0.444 e. The van der Waals surface area contributed by atoms with Crippen LogP contribution in [0.4, 0.5) is 4.79 Å². The molecular weight excluding hydrogens is 509 g/mol. The van der Waals surface area contributed by atoms with E-state index in [4.69, 9.17) is 4.74 Å². The molecule has 9 heteroatoms. The Balaban J connectivity index is 0.00000480. The molecule has 174 valence electrons. The standard InChI is InChI=1S/C22H35N5O3.HI/c1-6-26(15-17-10-8-7-9-11-17)19(28)14-24-20(23-5)27-13-12-18(16-27)25-21(29)30-22(2,3)4;/h7-11,18H,6,12-16H2,1-5H3,(H,23,24)(H,25,29);1H. The molecule has 8 nitrogen and oxygen atoms in total. The summed E-state index contributed by atoms with van der Waals surface area (Å²) >= 11 is 0. The second-order valence-electron chi connectivity index (χ2n) is 8.37. The molecule has 0 aliphatic carbocycles. The van der Waals surface area contributed by atoms with Crippen molar-refractivity contribution < 1.29 is 14.3 Å². The Labute approximate surface area is 202 Å². The molecule has 0 saturated carbocycles. The number of amides is 2. The minimum Gasteiger partial charge on any atom is -0.444 e. The first-order valence-corrected chi connectivity index (χ1v) is 10.5. The lowest BCUT2D eigenvalue weighted by Crippen LogP contribution is -2.47. The molecule has 1 heterocycles. The fourth-order valence-electron chi connectivity index (χ4n) is 3.32. The maximum Gasteiger partial charge on any atom is 0.407 e. The van der Waals surface area contributed by atoms with Gasteiger partial charge in [0, 0.05) is 33.2 Å². The third kappa shape index (κ3) is 9.32. The number of carbonyl (C=O) groups is 2. The second kappa shape index (κ2) is 12.7. The Morgan fingerprint density at radius 1 is 1.26 bits per heavy atom. The fraction of sp³-hybridized carbons (Fsp3) is 0.591. The van der Waals surface area contributed by atoms with E-state index in [1.165, 1.54) is 0 Å². The van der Waals surface area contributed by atoms with Crippen molar-refractivity contribution in [1.82, 2.24) is 20.4 Å². The molecule has 1 aromatic carbocycles. The minimum atomic E-state index is -0.523. The van der Waals surface area contributed by atoms with Crippen LogP contribution >= 0.6 is 24.0 Å². The number of nitrogens with one attached hydrogen (secondary N) is 2. The van der Waals surface area contributed by atoms with E-state index >= 15 is 0 Å². The third-order valence-corrected chi connectivity index (χ3v) is 4.77. The van der Waals surface area contributed by atoms with E-state index in [1.807, 2.05) is 67.8 Å². The topological polar surface area (TPSA) is 86.3 Å². The first kappa shape index (κ1) is 27.0. The molecule has 1 aliphatic rings. The van der Waals surface area contributed by atoms with Crippen LogP contribution in [0.1, 0.15) is 39.7 Å². The quantitative estimate of drug-likeness (QED) is 0.326. The lowest BCUT2D eigenvalue weighted by atomic mass is 10.2. The maximum absolute atomic E-state index is 12.7. The van der Waals surface area contributed by atoms with Crippen LogP contribution in [-0.4, -0.2) is 72.6 Å². The highest BCUT2D eigenvalue weighted by molar-refractivity contribution is 14.0. The van der Waals surface area contributed by atoms with Crippen LogP contribution in [0, 0.1) is 0 Å². The number of guanidine groups is 1. The average Bonchev–Trinajstić information content (AvgIpc) is 3.13. The molecule has 0 spiro atoms. The highest BCUT2D eigenvalue weighted by Crippen LogP contribution is 2.12. The van der Waals surface area contributed by atoms with Crippen molar-refractivity contribution in [3.05, 3.63) is 35.9 Å². The summed E-state index contributed by atoms with van der Waals surface area (Å²) in [5.74, 6) is 0.678. The van der Waals surface area contributed by atoms with Crippen LogP contribution in [0.15, 0.2) is 35.3 Å². The zero-order valence-corrected chi connectivity index (χ0v) is 21.5. The average molecular weight is 545 g/mol. The molecule has 2 amide bonds. The van der Waals surface area contributed by atoms with Gasteiger partial charge in [0.05, 0.1) is 12.6 Å². The van der Waals surface area contributed by atoms with Gasteiger partial charge in [-0.1, -0.05) is 30.3 Å². The zero-order chi connectivity index (χ0) is 22.1. The van der Waals surface area contributed by atoms with E-state index in [1.54, 1.807) is 7.05 Å². The number of alkyl carbamates (subject to hydrolysis) is 1. The lowest BCUT2D eigenvalue weighted by Gasteiger charge is -2.25. The predicted molar refractivity (Wildman–Crippen MR) is 134 cm³/mol. The van der Waals surface area contributed by atoms with Gasteiger partial charge in [-0.3, -0.25) is 9.79 Å². The summed E-state index contributed by atoms with van der Waals surface area (Å²) in [5, 5.41) is 6.07. The molecule has 0 radical (unpaired) electrons. The molecule has 1 aliphatic heterocycles. The Morgan fingerprint density at radius 2 is 1.94 bits per heavy atom. The number of halogens is 1. The number of likely N-dealkylation sites (N-methyl/N-ethyl adjacent to an activating group) is 1. The molecule has 1 aromatic rings. The number of nitrogens with zero attached hydrogens (tertiary/aromatic N) is 3. The molecule has 1 atom stereocenters. The summed E-state index contributed by atoms with van der Waals surface area (Å²) in [7, 11) is 1.70. The van der Waals surface area contributed by atoms with Gasteiger partial charge in [-0.25, -0.2) is 4.79 Å². The third-order valence-electron chi connectivity index (χ3n) is 4.77. The van der Waals surface area contributed by atoms with Gasteiger partial charge in [-0.05, 0) is 39.7 Å². The molecule has 31 heavy (non-hydrogen) atoms. The van der Waals surface area contributed by atoms with Gasteiger partial charge in [0.1, 0.15) is 5.60 Å². The Kier molecular flexibility index (Phi) is 11.1. The maximum atomic E-state index is 12.7. The molecule has 2 rings (SSSR count). The van der Waals surface area contributed by atoms with Crippen molar-refractivity contribution in [2.24, 2.45) is 4.99 Å². The van der Waals surface area contributed by atoms with E-state index in [2.05, 4.69) is 15.6 Å². The van der Waals surface area contributed by atoms with Crippen molar-refractivity contribution in [2.75, 3.05) is 33.2 Å². The van der Waals surface area contributed by atoms with Crippen LogP contribution in [0.5, 0.6) is 0 Å². The Bertz CT molecular complexity index is 736. The van der Waals surface area contributed by atoms with Crippen LogP contribution in [0.3, 0.4) is 0 Å². The zero-order valence-electron chi connectivity index (χ0n) is 19.2. The number of ether oxygens (including phenoxy) is 1. The molecule has 0 aromatic heterocycles. The molecular formula is C22H36IN5O3. The fourth-order valence-corrected chi connectivity index (χ4v) is 3.32. The number of hydrogen-bond donors (Lipinski definition) is 2. The van der Waals surface area contributed by atoms with Gasteiger partial charge in [0.25, 0.3) is 0 Å². The van der Waals surface area contributed by atoms with Gasteiger partial charge < -0.3 is 25.2 Å². The summed E-state index contributed by atoms with van der Waals surface area (Å²) in [6.07, 6.45) is 0.384. The summed E-state index contributed by atoms with van der Waals surface area (Å²) in [4.78, 5) is 32.8. The smallest absolute Gasteiger partial charge is 0.407 e. The summed E-state index contributed by atoms with van der Waals surface area (Å²) in [6.45, 7) is 10.3. The molecule has 0 bridgehead atoms. The van der Waals surface area contributed by atoms with Crippen molar-refractivity contribution >= 4 is 41.9 Å². The van der Waals surface area contributed by atoms with Gasteiger partial charge in [0.2, 0.25) is 5.91 Å². The number of benzene rings is 1. The highest BCUT2D eigenvalue weighted by atomic mass is 127. The summed E-state index contributed by atoms with van der Waals surface area (Å²) in [6, 6.07) is 9.94. The minimum absolute atomic E-state index is 0. The molecule has 2 N–H and O–H groups in total. The van der Waals surface area contributed by atoms with E-state index < -0.39 is 11.7 Å². The van der Waals surface area contributed by atoms with Crippen molar-refractivity contribution in [2.45, 2.75) is 52.3 Å². The number of likely N-dealkylation sites (tertiary alicyclic amines) is 1. The van der Waals surface area contributed by atoms with Gasteiger partial charge in [0.15, 0.2) is 5.96 Å². The normalized spacial score (nSPS) is 16.4.